The number of pyridine rings is 1. The summed E-state index contributed by atoms with van der Waals surface area (Å²) in [4.78, 5) is 24.3. The van der Waals surface area contributed by atoms with Crippen LogP contribution in [0, 0.1) is 0 Å². The molecule has 3 aromatic rings. The maximum atomic E-state index is 13.3. The van der Waals surface area contributed by atoms with Gasteiger partial charge in [0.15, 0.2) is 0 Å². The van der Waals surface area contributed by atoms with Crippen LogP contribution in [0.2, 0.25) is 0 Å². The van der Waals surface area contributed by atoms with Gasteiger partial charge in [0.05, 0.1) is 15.2 Å². The Balaban J connectivity index is 1.34. The molecule has 0 spiro atoms. The van der Waals surface area contributed by atoms with Crippen LogP contribution in [0.25, 0.3) is 10.2 Å². The third-order valence-corrected chi connectivity index (χ3v) is 6.99. The first-order valence-electron chi connectivity index (χ1n) is 10.0. The zero-order valence-corrected chi connectivity index (χ0v) is 16.7. The summed E-state index contributed by atoms with van der Waals surface area (Å²) in [5.74, 6) is 0.825. The highest BCUT2D eigenvalue weighted by Gasteiger charge is 2.44. The average Bonchev–Trinajstić information content (AvgIpc) is 3.25. The Morgan fingerprint density at radius 2 is 2.04 bits per heavy atom. The fourth-order valence-corrected chi connectivity index (χ4v) is 5.49. The van der Waals surface area contributed by atoms with Crippen molar-refractivity contribution in [1.82, 2.24) is 14.9 Å². The van der Waals surface area contributed by atoms with Gasteiger partial charge in [-0.05, 0) is 43.5 Å². The highest BCUT2D eigenvalue weighted by Crippen LogP contribution is 2.38. The molecule has 2 aliphatic heterocycles. The largest absolute Gasteiger partial charge is 0.474 e. The van der Waals surface area contributed by atoms with E-state index in [0.717, 1.165) is 52.9 Å². The molecular weight excluding hydrogens is 370 g/mol. The fourth-order valence-electron chi connectivity index (χ4n) is 4.55. The number of benzene rings is 1. The van der Waals surface area contributed by atoms with E-state index < -0.39 is 0 Å². The molecule has 0 radical (unpaired) electrons. The van der Waals surface area contributed by atoms with Gasteiger partial charge in [-0.25, -0.2) is 9.97 Å². The van der Waals surface area contributed by atoms with E-state index in [4.69, 9.17) is 4.74 Å². The number of carbonyl (C=O) groups excluding carboxylic acids is 1. The molecule has 1 aromatic carbocycles. The third-order valence-electron chi connectivity index (χ3n) is 5.83. The monoisotopic (exact) mass is 393 g/mol. The van der Waals surface area contributed by atoms with Gasteiger partial charge in [-0.15, -0.1) is 11.3 Å². The Morgan fingerprint density at radius 3 is 2.75 bits per heavy atom. The van der Waals surface area contributed by atoms with Crippen molar-refractivity contribution >= 4 is 27.5 Å². The maximum absolute atomic E-state index is 13.3. The lowest BCUT2D eigenvalue weighted by molar-refractivity contribution is 0.0348. The summed E-state index contributed by atoms with van der Waals surface area (Å²) in [6.45, 7) is 2.11. The van der Waals surface area contributed by atoms with Gasteiger partial charge in [-0.2, -0.15) is 0 Å². The van der Waals surface area contributed by atoms with E-state index in [9.17, 15) is 4.79 Å². The maximum Gasteiger partial charge on any atom is 0.254 e. The van der Waals surface area contributed by atoms with Gasteiger partial charge in [0, 0.05) is 42.8 Å². The summed E-state index contributed by atoms with van der Waals surface area (Å²) in [7, 11) is 0. The van der Waals surface area contributed by atoms with E-state index in [0.29, 0.717) is 5.88 Å². The van der Waals surface area contributed by atoms with Crippen molar-refractivity contribution in [2.45, 2.75) is 57.2 Å². The highest BCUT2D eigenvalue weighted by atomic mass is 32.1. The number of nitrogens with zero attached hydrogens (tertiary/aromatic N) is 3. The van der Waals surface area contributed by atoms with Crippen LogP contribution in [0.5, 0.6) is 5.88 Å². The molecule has 28 heavy (non-hydrogen) atoms. The number of carbonyl (C=O) groups is 1. The Kier molecular flexibility index (Phi) is 4.51. The second-order valence-electron chi connectivity index (χ2n) is 7.62. The van der Waals surface area contributed by atoms with Crippen LogP contribution < -0.4 is 4.74 Å². The van der Waals surface area contributed by atoms with Crippen LogP contribution >= 0.6 is 11.3 Å². The van der Waals surface area contributed by atoms with Crippen molar-refractivity contribution in [1.29, 1.82) is 0 Å². The summed E-state index contributed by atoms with van der Waals surface area (Å²) < 4.78 is 7.19. The van der Waals surface area contributed by atoms with E-state index in [2.05, 4.69) is 21.8 Å². The van der Waals surface area contributed by atoms with Crippen molar-refractivity contribution in [2.24, 2.45) is 0 Å². The summed E-state index contributed by atoms with van der Waals surface area (Å²) in [5.41, 5.74) is 1.77. The summed E-state index contributed by atoms with van der Waals surface area (Å²) in [6, 6.07) is 12.2. The minimum atomic E-state index is 0.132. The first kappa shape index (κ1) is 17.6. The number of hydrogen-bond donors (Lipinski definition) is 0. The number of fused-ring (bicyclic) bond motifs is 3. The quantitative estimate of drug-likeness (QED) is 0.656. The number of amides is 1. The molecule has 2 aromatic heterocycles. The van der Waals surface area contributed by atoms with Crippen molar-refractivity contribution in [3.63, 3.8) is 0 Å². The minimum absolute atomic E-state index is 0.132. The van der Waals surface area contributed by atoms with Gasteiger partial charge in [-0.3, -0.25) is 4.79 Å². The molecule has 2 aliphatic rings. The number of hydrogen-bond acceptors (Lipinski definition) is 5. The van der Waals surface area contributed by atoms with Gasteiger partial charge >= 0.3 is 0 Å². The summed E-state index contributed by atoms with van der Waals surface area (Å²) in [5, 5.41) is 1.12. The molecule has 2 unspecified atom stereocenters. The lowest BCUT2D eigenvalue weighted by atomic mass is 9.98. The van der Waals surface area contributed by atoms with Crippen LogP contribution in [0.4, 0.5) is 0 Å². The molecule has 2 saturated heterocycles. The lowest BCUT2D eigenvalue weighted by Crippen LogP contribution is -2.49. The molecule has 5 nitrogen and oxygen atoms in total. The van der Waals surface area contributed by atoms with Crippen molar-refractivity contribution < 1.29 is 9.53 Å². The number of piperidine rings is 1. The summed E-state index contributed by atoms with van der Waals surface area (Å²) >= 11 is 1.69. The number of rotatable bonds is 4. The predicted molar refractivity (Wildman–Crippen MR) is 110 cm³/mol. The van der Waals surface area contributed by atoms with Gasteiger partial charge < -0.3 is 9.64 Å². The van der Waals surface area contributed by atoms with Crippen LogP contribution in [0.15, 0.2) is 42.6 Å². The molecule has 2 fully saturated rings. The molecule has 2 atom stereocenters. The first-order valence-corrected chi connectivity index (χ1v) is 10.8. The SMILES string of the molecule is CCc1nc2ccc(C(=O)N3C4CCC3CC(Oc3ccccn3)C4)cc2s1. The molecule has 5 rings (SSSR count). The zero-order chi connectivity index (χ0) is 19.1. The van der Waals surface area contributed by atoms with Gasteiger partial charge in [0.1, 0.15) is 6.10 Å². The van der Waals surface area contributed by atoms with Crippen molar-refractivity contribution in [3.8, 4) is 5.88 Å². The van der Waals surface area contributed by atoms with E-state index in [1.54, 1.807) is 17.5 Å². The highest BCUT2D eigenvalue weighted by molar-refractivity contribution is 7.18. The van der Waals surface area contributed by atoms with Crippen LogP contribution in [0.3, 0.4) is 0 Å². The van der Waals surface area contributed by atoms with E-state index in [1.165, 1.54) is 0 Å². The van der Waals surface area contributed by atoms with Gasteiger partial charge in [0.25, 0.3) is 5.91 Å². The zero-order valence-electron chi connectivity index (χ0n) is 15.9. The molecule has 0 saturated carbocycles. The van der Waals surface area contributed by atoms with Crippen LogP contribution in [0.1, 0.15) is 48.0 Å². The smallest absolute Gasteiger partial charge is 0.254 e. The minimum Gasteiger partial charge on any atom is -0.474 e. The second kappa shape index (κ2) is 7.17. The second-order valence-corrected chi connectivity index (χ2v) is 8.74. The Morgan fingerprint density at radius 1 is 1.21 bits per heavy atom. The van der Waals surface area contributed by atoms with Crippen LogP contribution in [-0.4, -0.2) is 39.0 Å². The molecule has 4 heterocycles. The molecule has 6 heteroatoms. The standard InChI is InChI=1S/C22H23N3O2S/c1-2-21-24-18-9-6-14(11-19(18)28-21)22(26)25-15-7-8-16(25)13-17(12-15)27-20-5-3-4-10-23-20/h3-6,9-11,15-17H,2,7-8,12-13H2,1H3. The molecule has 0 aliphatic carbocycles. The van der Waals surface area contributed by atoms with Gasteiger partial charge in [0.2, 0.25) is 5.88 Å². The lowest BCUT2D eigenvalue weighted by Gasteiger charge is -2.38. The number of aryl methyl sites for hydroxylation is 1. The first-order chi connectivity index (χ1) is 13.7. The number of ether oxygens (including phenoxy) is 1. The molecule has 0 N–H and O–H groups in total. The molecular formula is C22H23N3O2S. The molecule has 1 amide bonds. The topological polar surface area (TPSA) is 55.3 Å². The normalized spacial score (nSPS) is 23.9. The van der Waals surface area contributed by atoms with E-state index >= 15 is 0 Å². The predicted octanol–water partition coefficient (Wildman–Crippen LogP) is 4.47. The Bertz CT molecular complexity index is 989. The van der Waals surface area contributed by atoms with Crippen molar-refractivity contribution in [2.75, 3.05) is 0 Å². The van der Waals surface area contributed by atoms with E-state index in [-0.39, 0.29) is 24.1 Å². The molecule has 2 bridgehead atoms. The van der Waals surface area contributed by atoms with Gasteiger partial charge in [-0.1, -0.05) is 13.0 Å². The fraction of sp³-hybridized carbons (Fsp3) is 0.409. The summed E-state index contributed by atoms with van der Waals surface area (Å²) in [6.07, 6.45) is 6.68. The van der Waals surface area contributed by atoms with E-state index in [1.807, 2.05) is 36.4 Å². The van der Waals surface area contributed by atoms with Crippen molar-refractivity contribution in [3.05, 3.63) is 53.2 Å². The molecule has 144 valence electrons. The third kappa shape index (κ3) is 3.15. The average molecular weight is 394 g/mol. The number of thiazole rings is 1. The Labute approximate surface area is 168 Å². The number of aromatic nitrogens is 2. The Hall–Kier alpha value is -2.47. The van der Waals surface area contributed by atoms with Crippen LogP contribution in [-0.2, 0) is 6.42 Å².